The van der Waals surface area contributed by atoms with Crippen LogP contribution in [0.4, 0.5) is 4.79 Å². The number of rotatable bonds is 0. The topological polar surface area (TPSA) is 29.5 Å². The Morgan fingerprint density at radius 1 is 1.56 bits per heavy atom. The first kappa shape index (κ1) is 13.1. The molecule has 0 aliphatic carbocycles. The van der Waals surface area contributed by atoms with E-state index < -0.39 is 5.60 Å². The molecular formula is C12H20BNO2. The minimum absolute atomic E-state index is 0.173. The maximum absolute atomic E-state index is 11.9. The van der Waals surface area contributed by atoms with Gasteiger partial charge < -0.3 is 9.64 Å². The molecule has 16 heavy (non-hydrogen) atoms. The van der Waals surface area contributed by atoms with Crippen molar-refractivity contribution in [3.05, 3.63) is 11.5 Å². The Labute approximate surface area is 99.2 Å². The second kappa shape index (κ2) is 4.94. The molecule has 0 bridgehead atoms. The van der Waals surface area contributed by atoms with Gasteiger partial charge in [0.1, 0.15) is 13.4 Å². The predicted octanol–water partition coefficient (Wildman–Crippen LogP) is 2.46. The molecule has 1 unspecified atom stereocenters. The molecule has 0 spiro atoms. The Morgan fingerprint density at radius 3 is 2.75 bits per heavy atom. The second-order valence-electron chi connectivity index (χ2n) is 5.30. The zero-order valence-electron chi connectivity index (χ0n) is 10.6. The van der Waals surface area contributed by atoms with E-state index in [1.54, 1.807) is 4.90 Å². The molecule has 0 aromatic rings. The van der Waals surface area contributed by atoms with Gasteiger partial charge in [0.25, 0.3) is 0 Å². The number of ether oxygens (including phenoxy) is 1. The lowest BCUT2D eigenvalue weighted by Crippen LogP contribution is -2.41. The maximum atomic E-state index is 11.9. The number of hydrogen-bond acceptors (Lipinski definition) is 2. The molecule has 0 fully saturated rings. The summed E-state index contributed by atoms with van der Waals surface area (Å²) in [6.07, 6.45) is 3.38. The molecule has 0 N–H and O–H groups in total. The molecule has 0 saturated carbocycles. The molecule has 0 aromatic carbocycles. The van der Waals surface area contributed by atoms with Gasteiger partial charge in [0.05, 0.1) is 0 Å². The zero-order valence-corrected chi connectivity index (χ0v) is 10.6. The van der Waals surface area contributed by atoms with Gasteiger partial charge in [-0.05, 0) is 40.5 Å². The quantitative estimate of drug-likeness (QED) is 0.588. The summed E-state index contributed by atoms with van der Waals surface area (Å²) < 4.78 is 5.36. The molecule has 1 rings (SSSR count). The third-order valence-electron chi connectivity index (χ3n) is 2.56. The summed E-state index contributed by atoms with van der Waals surface area (Å²) in [6.45, 7) is 8.19. The van der Waals surface area contributed by atoms with Gasteiger partial charge in [0, 0.05) is 12.6 Å². The van der Waals surface area contributed by atoms with Gasteiger partial charge in [-0.25, -0.2) is 4.79 Å². The number of amides is 1. The molecule has 0 saturated heterocycles. The molecule has 2 radical (unpaired) electrons. The van der Waals surface area contributed by atoms with Crippen LogP contribution in [-0.2, 0) is 4.74 Å². The summed E-state index contributed by atoms with van der Waals surface area (Å²) >= 11 is 0. The van der Waals surface area contributed by atoms with Gasteiger partial charge in [-0.15, -0.1) is 5.47 Å². The van der Waals surface area contributed by atoms with Crippen molar-refractivity contribution in [2.24, 2.45) is 0 Å². The van der Waals surface area contributed by atoms with Crippen molar-refractivity contribution in [3.63, 3.8) is 0 Å². The average Bonchev–Trinajstić information content (AvgIpc) is 2.26. The van der Waals surface area contributed by atoms with Crippen LogP contribution in [0.15, 0.2) is 11.5 Å². The highest BCUT2D eigenvalue weighted by Gasteiger charge is 2.26. The summed E-state index contributed by atoms with van der Waals surface area (Å²) in [5.74, 6) is 0. The van der Waals surface area contributed by atoms with Crippen molar-refractivity contribution in [2.75, 3.05) is 6.54 Å². The fourth-order valence-electron chi connectivity index (χ4n) is 1.60. The largest absolute Gasteiger partial charge is 0.444 e. The van der Waals surface area contributed by atoms with Crippen LogP contribution in [0, 0.1) is 0 Å². The molecule has 4 heteroatoms. The summed E-state index contributed by atoms with van der Waals surface area (Å²) in [7, 11) is 5.77. The third-order valence-corrected chi connectivity index (χ3v) is 2.56. The number of hydrogen-bond donors (Lipinski definition) is 0. The van der Waals surface area contributed by atoms with Gasteiger partial charge in [-0.1, -0.05) is 6.08 Å². The molecule has 1 heterocycles. The highest BCUT2D eigenvalue weighted by atomic mass is 16.6. The summed E-state index contributed by atoms with van der Waals surface area (Å²) in [5.41, 5.74) is 0.413. The van der Waals surface area contributed by atoms with Crippen LogP contribution in [0.1, 0.15) is 40.5 Å². The Bertz CT molecular complexity index is 294. The smallest absolute Gasteiger partial charge is 0.410 e. The van der Waals surface area contributed by atoms with E-state index in [1.165, 1.54) is 0 Å². The Morgan fingerprint density at radius 2 is 2.19 bits per heavy atom. The number of allylic oxidation sites excluding steroid dienone is 1. The van der Waals surface area contributed by atoms with E-state index in [0.29, 0.717) is 6.54 Å². The van der Waals surface area contributed by atoms with Crippen molar-refractivity contribution >= 4 is 13.9 Å². The summed E-state index contributed by atoms with van der Waals surface area (Å²) in [6, 6.07) is 0.173. The average molecular weight is 221 g/mol. The molecule has 1 atom stereocenters. The normalized spacial score (nSPS) is 22.4. The minimum atomic E-state index is -0.446. The molecule has 1 aliphatic rings. The first-order valence-corrected chi connectivity index (χ1v) is 5.74. The predicted molar refractivity (Wildman–Crippen MR) is 65.5 cm³/mol. The van der Waals surface area contributed by atoms with Crippen molar-refractivity contribution in [1.82, 2.24) is 4.90 Å². The van der Waals surface area contributed by atoms with Crippen molar-refractivity contribution in [2.45, 2.75) is 52.2 Å². The maximum Gasteiger partial charge on any atom is 0.410 e. The summed E-state index contributed by atoms with van der Waals surface area (Å²) in [5, 5.41) is 0. The van der Waals surface area contributed by atoms with Gasteiger partial charge in [0.2, 0.25) is 0 Å². The van der Waals surface area contributed by atoms with E-state index >= 15 is 0 Å². The van der Waals surface area contributed by atoms with Crippen LogP contribution in [0.3, 0.4) is 0 Å². The van der Waals surface area contributed by atoms with Crippen molar-refractivity contribution in [3.8, 4) is 0 Å². The van der Waals surface area contributed by atoms with Crippen LogP contribution in [0.2, 0.25) is 0 Å². The fraction of sp³-hybridized carbons (Fsp3) is 0.750. The second-order valence-corrected chi connectivity index (χ2v) is 5.30. The fourth-order valence-corrected chi connectivity index (χ4v) is 1.60. The minimum Gasteiger partial charge on any atom is -0.444 e. The van der Waals surface area contributed by atoms with E-state index in [9.17, 15) is 4.79 Å². The highest BCUT2D eigenvalue weighted by molar-refractivity contribution is 6.21. The number of carbonyl (C=O) groups is 1. The Balaban J connectivity index is 2.67. The van der Waals surface area contributed by atoms with Crippen molar-refractivity contribution < 1.29 is 9.53 Å². The lowest BCUT2D eigenvalue weighted by Gasteiger charge is -2.30. The Hall–Kier alpha value is -0.925. The lowest BCUT2D eigenvalue weighted by atomic mass is 9.91. The van der Waals surface area contributed by atoms with Crippen molar-refractivity contribution in [1.29, 1.82) is 0 Å². The van der Waals surface area contributed by atoms with E-state index in [1.807, 2.05) is 33.8 Å². The zero-order chi connectivity index (χ0) is 12.3. The van der Waals surface area contributed by atoms with Gasteiger partial charge in [0.15, 0.2) is 0 Å². The monoisotopic (exact) mass is 221 g/mol. The third kappa shape index (κ3) is 3.91. The SMILES string of the molecule is [B]C1=CCN(C(=O)OC(C)(C)C)C(C)CC1. The van der Waals surface area contributed by atoms with E-state index in [2.05, 4.69) is 0 Å². The van der Waals surface area contributed by atoms with E-state index in [4.69, 9.17) is 12.6 Å². The number of nitrogens with zero attached hydrogens (tertiary/aromatic N) is 1. The van der Waals surface area contributed by atoms with Gasteiger partial charge in [-0.2, -0.15) is 0 Å². The van der Waals surface area contributed by atoms with Gasteiger partial charge in [-0.3, -0.25) is 0 Å². The molecule has 1 aliphatic heterocycles. The lowest BCUT2D eigenvalue weighted by molar-refractivity contribution is 0.0201. The standard InChI is InChI=1S/C12H20BNO2/c1-9-5-6-10(13)7-8-14(9)11(15)16-12(2,3)4/h7,9H,5-6,8H2,1-4H3. The Kier molecular flexibility index (Phi) is 4.06. The summed E-state index contributed by atoms with van der Waals surface area (Å²) in [4.78, 5) is 13.6. The van der Waals surface area contributed by atoms with Crippen LogP contribution in [0.25, 0.3) is 0 Å². The first-order valence-electron chi connectivity index (χ1n) is 5.74. The van der Waals surface area contributed by atoms with Crippen LogP contribution < -0.4 is 0 Å². The van der Waals surface area contributed by atoms with Gasteiger partial charge >= 0.3 is 6.09 Å². The van der Waals surface area contributed by atoms with Crippen LogP contribution in [-0.4, -0.2) is 37.0 Å². The van der Waals surface area contributed by atoms with E-state index in [0.717, 1.165) is 18.3 Å². The van der Waals surface area contributed by atoms with E-state index in [-0.39, 0.29) is 12.1 Å². The molecule has 1 amide bonds. The number of carbonyl (C=O) groups excluding carboxylic acids is 1. The first-order chi connectivity index (χ1) is 7.29. The van der Waals surface area contributed by atoms with Crippen LogP contribution >= 0.6 is 0 Å². The molecular weight excluding hydrogens is 201 g/mol. The van der Waals surface area contributed by atoms with Crippen LogP contribution in [0.5, 0.6) is 0 Å². The molecule has 0 aromatic heterocycles. The highest BCUT2D eigenvalue weighted by Crippen LogP contribution is 2.18. The molecule has 3 nitrogen and oxygen atoms in total. The molecule has 88 valence electrons.